The van der Waals surface area contributed by atoms with Crippen LogP contribution in [0.5, 0.6) is 0 Å². The number of rotatable bonds is 2. The Morgan fingerprint density at radius 1 is 0.260 bits per heavy atom. The van der Waals surface area contributed by atoms with Crippen LogP contribution in [0.15, 0.2) is 249 Å². The standard InChI is InChI=1S/C74H41BN2/c1-2-18-42(19-3-1)46-22-8-9-23-47(46)45-38-60-69-63(37-35-58-54-30-12-10-26-50(54)52-28-14-16-32-56(52)66(58)69)76-65-41-59-55-31-13-11-27-51(55)53-29-15-17-33-57(53)67(59)74-71(65)75(61(40-45)72(60)76)62-39-44-21-5-7-25-49(44)70-68-48-24-6-4-20-43(48)34-36-64(68)77(74)73(62)70/h1-41H. The average molecular weight is 969 g/mol. The summed E-state index contributed by atoms with van der Waals surface area (Å²) in [5.74, 6) is 0. The van der Waals surface area contributed by atoms with Crippen LogP contribution >= 0.6 is 0 Å². The molecule has 4 heterocycles. The maximum absolute atomic E-state index is 2.73. The lowest BCUT2D eigenvalue weighted by Crippen LogP contribution is -2.59. The van der Waals surface area contributed by atoms with Crippen LogP contribution in [0.2, 0.25) is 0 Å². The lowest BCUT2D eigenvalue weighted by Gasteiger charge is -2.35. The van der Waals surface area contributed by atoms with Crippen LogP contribution in [0.25, 0.3) is 163 Å². The van der Waals surface area contributed by atoms with Crippen LogP contribution in [-0.2, 0) is 0 Å². The first kappa shape index (κ1) is 40.4. The van der Waals surface area contributed by atoms with Gasteiger partial charge in [-0.1, -0.05) is 224 Å². The fourth-order valence-corrected chi connectivity index (χ4v) is 15.2. The third kappa shape index (κ3) is 4.99. The fraction of sp³-hybridized carbons (Fsp3) is 0. The number of nitrogens with zero attached hydrogens (tertiary/aromatic N) is 2. The summed E-state index contributed by atoms with van der Waals surface area (Å²) in [6, 6.07) is 94.7. The summed E-state index contributed by atoms with van der Waals surface area (Å²) in [4.78, 5) is 0. The number of hydrogen-bond acceptors (Lipinski definition) is 0. The quantitative estimate of drug-likeness (QED) is 0.121. The molecular formula is C74H41BN2. The van der Waals surface area contributed by atoms with E-state index in [-0.39, 0.29) is 6.71 Å². The van der Waals surface area contributed by atoms with Crippen molar-refractivity contribution in [3.05, 3.63) is 249 Å². The molecule has 0 N–H and O–H groups in total. The topological polar surface area (TPSA) is 9.86 Å². The van der Waals surface area contributed by atoms with Gasteiger partial charge in [-0.15, -0.1) is 0 Å². The first-order chi connectivity index (χ1) is 38.3. The second-order valence-corrected chi connectivity index (χ2v) is 21.7. The lowest BCUT2D eigenvalue weighted by atomic mass is 9.34. The predicted octanol–water partition coefficient (Wildman–Crippen LogP) is 17.6. The minimum absolute atomic E-state index is 0.114. The second-order valence-electron chi connectivity index (χ2n) is 21.7. The van der Waals surface area contributed by atoms with Crippen molar-refractivity contribution < 1.29 is 0 Å². The van der Waals surface area contributed by atoms with Crippen LogP contribution in [0.1, 0.15) is 0 Å². The molecule has 0 aliphatic carbocycles. The molecule has 0 fully saturated rings. The molecule has 0 radical (unpaired) electrons. The van der Waals surface area contributed by atoms with Crippen LogP contribution < -0.4 is 16.4 Å². The van der Waals surface area contributed by atoms with Gasteiger partial charge in [-0.2, -0.15) is 0 Å². The van der Waals surface area contributed by atoms with E-state index in [0.29, 0.717) is 0 Å². The zero-order chi connectivity index (χ0) is 49.8. The molecule has 2 aliphatic heterocycles. The van der Waals surface area contributed by atoms with Gasteiger partial charge in [-0.05, 0) is 138 Å². The average Bonchev–Trinajstić information content (AvgIpc) is 4.27. The van der Waals surface area contributed by atoms with Crippen molar-refractivity contribution in [2.24, 2.45) is 0 Å². The van der Waals surface area contributed by atoms with Gasteiger partial charge in [0, 0.05) is 43.5 Å². The molecular weight excluding hydrogens is 928 g/mol. The molecule has 350 valence electrons. The van der Waals surface area contributed by atoms with Crippen molar-refractivity contribution in [2.75, 3.05) is 0 Å². The molecule has 2 aromatic heterocycles. The second kappa shape index (κ2) is 14.5. The van der Waals surface area contributed by atoms with E-state index in [1.54, 1.807) is 0 Å². The van der Waals surface area contributed by atoms with Gasteiger partial charge in [-0.3, -0.25) is 0 Å². The predicted molar refractivity (Wildman–Crippen MR) is 331 cm³/mol. The summed E-state index contributed by atoms with van der Waals surface area (Å²) >= 11 is 0. The normalized spacial score (nSPS) is 12.9. The first-order valence-electron chi connectivity index (χ1n) is 27.0. The summed E-state index contributed by atoms with van der Waals surface area (Å²) < 4.78 is 5.44. The third-order valence-corrected chi connectivity index (χ3v) is 18.2. The number of aromatic nitrogens is 2. The molecule has 0 atom stereocenters. The summed E-state index contributed by atoms with van der Waals surface area (Å²) in [5, 5.41) is 25.7. The Morgan fingerprint density at radius 2 is 0.740 bits per heavy atom. The van der Waals surface area contributed by atoms with E-state index in [9.17, 15) is 0 Å². The Hall–Kier alpha value is -9.96. The van der Waals surface area contributed by atoms with Gasteiger partial charge in [0.2, 0.25) is 0 Å². The highest BCUT2D eigenvalue weighted by Gasteiger charge is 2.43. The van der Waals surface area contributed by atoms with Gasteiger partial charge in [-0.25, -0.2) is 0 Å². The minimum Gasteiger partial charge on any atom is -0.310 e. The van der Waals surface area contributed by atoms with Gasteiger partial charge in [0.25, 0.3) is 6.71 Å². The van der Waals surface area contributed by atoms with Crippen molar-refractivity contribution >= 4 is 153 Å². The van der Waals surface area contributed by atoms with Gasteiger partial charge >= 0.3 is 0 Å². The van der Waals surface area contributed by atoms with Crippen molar-refractivity contribution in [3.63, 3.8) is 0 Å². The van der Waals surface area contributed by atoms with E-state index in [1.165, 1.54) is 180 Å². The molecule has 17 aromatic rings. The highest BCUT2D eigenvalue weighted by atomic mass is 15.0. The zero-order valence-corrected chi connectivity index (χ0v) is 41.6. The molecule has 0 spiro atoms. The fourth-order valence-electron chi connectivity index (χ4n) is 15.2. The van der Waals surface area contributed by atoms with E-state index in [4.69, 9.17) is 0 Å². The molecule has 2 aliphatic rings. The monoisotopic (exact) mass is 968 g/mol. The Morgan fingerprint density at radius 3 is 1.43 bits per heavy atom. The highest BCUT2D eigenvalue weighted by Crippen LogP contribution is 2.50. The Labute approximate surface area is 441 Å². The van der Waals surface area contributed by atoms with Crippen molar-refractivity contribution in [1.82, 2.24) is 9.13 Å². The van der Waals surface area contributed by atoms with E-state index >= 15 is 0 Å². The van der Waals surface area contributed by atoms with Crippen molar-refractivity contribution in [3.8, 4) is 33.6 Å². The van der Waals surface area contributed by atoms with Crippen molar-refractivity contribution in [2.45, 2.75) is 0 Å². The molecule has 0 unspecified atom stereocenters. The molecule has 0 saturated heterocycles. The van der Waals surface area contributed by atoms with Crippen LogP contribution in [-0.4, -0.2) is 15.8 Å². The van der Waals surface area contributed by atoms with Gasteiger partial charge in [0.05, 0.1) is 22.2 Å². The van der Waals surface area contributed by atoms with E-state index < -0.39 is 0 Å². The van der Waals surface area contributed by atoms with Crippen molar-refractivity contribution in [1.29, 1.82) is 0 Å². The minimum atomic E-state index is -0.114. The van der Waals surface area contributed by atoms with Gasteiger partial charge in [0.15, 0.2) is 0 Å². The Balaban J connectivity index is 1.11. The Bertz CT molecular complexity index is 5550. The summed E-state index contributed by atoms with van der Waals surface area (Å²) in [7, 11) is 0. The zero-order valence-electron chi connectivity index (χ0n) is 41.6. The summed E-state index contributed by atoms with van der Waals surface area (Å²) in [5.41, 5.74) is 16.5. The lowest BCUT2D eigenvalue weighted by molar-refractivity contribution is 1.16. The molecule has 0 amide bonds. The molecule has 0 saturated carbocycles. The van der Waals surface area contributed by atoms with Crippen LogP contribution in [0.4, 0.5) is 0 Å². The van der Waals surface area contributed by atoms with E-state index in [0.717, 1.165) is 0 Å². The smallest absolute Gasteiger partial charge is 0.252 e. The largest absolute Gasteiger partial charge is 0.310 e. The Kier molecular flexibility index (Phi) is 7.59. The molecule has 3 heteroatoms. The maximum Gasteiger partial charge on any atom is 0.252 e. The number of fused-ring (bicyclic) bond motifs is 28. The first-order valence-corrected chi connectivity index (χ1v) is 27.0. The summed E-state index contributed by atoms with van der Waals surface area (Å²) in [6.07, 6.45) is 0. The molecule has 0 bridgehead atoms. The van der Waals surface area contributed by atoms with Crippen LogP contribution in [0, 0.1) is 0 Å². The van der Waals surface area contributed by atoms with Gasteiger partial charge in [0.1, 0.15) is 0 Å². The summed E-state index contributed by atoms with van der Waals surface area (Å²) in [6.45, 7) is -0.114. The van der Waals surface area contributed by atoms with E-state index in [1.807, 2.05) is 0 Å². The molecule has 19 rings (SSSR count). The number of hydrogen-bond donors (Lipinski definition) is 0. The third-order valence-electron chi connectivity index (χ3n) is 18.2. The number of benzene rings is 15. The van der Waals surface area contributed by atoms with Crippen LogP contribution in [0.3, 0.4) is 0 Å². The van der Waals surface area contributed by atoms with E-state index in [2.05, 4.69) is 258 Å². The SMILES string of the molecule is c1ccc(-c2ccccc2-c2cc3c4c(c2)c2c5c6ccccc6c6ccccc6c5ccc2n4-c2cc4c5ccccc5c5ccccc5c4c4c2B3c2cc3ccccc3c3c5c6ccccc6ccc5n-4c23)cc1. The molecule has 77 heavy (non-hydrogen) atoms. The maximum atomic E-state index is 2.73. The van der Waals surface area contributed by atoms with Gasteiger partial charge < -0.3 is 9.13 Å². The highest BCUT2D eigenvalue weighted by molar-refractivity contribution is 7.01. The molecule has 2 nitrogen and oxygen atoms in total. The molecule has 15 aromatic carbocycles.